The van der Waals surface area contributed by atoms with Crippen LogP contribution in [0.4, 0.5) is 0 Å². The highest BCUT2D eigenvalue weighted by atomic mass is 79.9. The maximum atomic E-state index is 5.93. The van der Waals surface area contributed by atoms with Crippen LogP contribution in [0, 0.1) is 0 Å². The summed E-state index contributed by atoms with van der Waals surface area (Å²) in [6.45, 7) is 2.12. The average molecular weight is 347 g/mol. The second kappa shape index (κ2) is 6.56. The summed E-state index contributed by atoms with van der Waals surface area (Å²) in [4.78, 5) is 8.83. The first-order chi connectivity index (χ1) is 10.2. The Labute approximate surface area is 133 Å². The molecule has 110 valence electrons. The highest BCUT2D eigenvalue weighted by Gasteiger charge is 2.11. The van der Waals surface area contributed by atoms with Crippen LogP contribution in [0.3, 0.4) is 0 Å². The molecule has 0 saturated heterocycles. The lowest BCUT2D eigenvalue weighted by molar-refractivity contribution is 0.456. The summed E-state index contributed by atoms with van der Waals surface area (Å²) in [6, 6.07) is 8.20. The predicted molar refractivity (Wildman–Crippen MR) is 86.9 cm³/mol. The molecule has 0 radical (unpaired) electrons. The molecule has 0 fully saturated rings. The van der Waals surface area contributed by atoms with Gasteiger partial charge in [0, 0.05) is 12.5 Å². The van der Waals surface area contributed by atoms with Crippen molar-refractivity contribution in [1.29, 1.82) is 0 Å². The molecule has 0 bridgehead atoms. The van der Waals surface area contributed by atoms with Gasteiger partial charge in [-0.1, -0.05) is 13.0 Å². The minimum Gasteiger partial charge on any atom is -0.439 e. The van der Waals surface area contributed by atoms with Crippen molar-refractivity contribution in [2.24, 2.45) is 0 Å². The molecule has 0 amide bonds. The zero-order chi connectivity index (χ0) is 14.7. The van der Waals surface area contributed by atoms with Crippen LogP contribution in [0.5, 0.6) is 11.6 Å². The van der Waals surface area contributed by atoms with Crippen molar-refractivity contribution in [2.75, 3.05) is 0 Å². The van der Waals surface area contributed by atoms with E-state index in [1.807, 2.05) is 12.1 Å². The number of hydrogen-bond donors (Lipinski definition) is 0. The van der Waals surface area contributed by atoms with Gasteiger partial charge in [-0.2, -0.15) is 4.98 Å². The smallest absolute Gasteiger partial charge is 0.223 e. The van der Waals surface area contributed by atoms with E-state index in [2.05, 4.69) is 45.0 Å². The minimum atomic E-state index is 0.607. The number of aryl methyl sites for hydroxylation is 3. The third kappa shape index (κ3) is 3.62. The lowest BCUT2D eigenvalue weighted by atomic mass is 9.92. The molecule has 21 heavy (non-hydrogen) atoms. The molecule has 1 aromatic heterocycles. The molecule has 1 aromatic carbocycles. The molecule has 0 aliphatic heterocycles. The molecule has 0 unspecified atom stereocenters. The Hall–Kier alpha value is -1.42. The van der Waals surface area contributed by atoms with E-state index in [1.165, 1.54) is 30.4 Å². The van der Waals surface area contributed by atoms with Crippen LogP contribution in [0.1, 0.15) is 43.1 Å². The summed E-state index contributed by atoms with van der Waals surface area (Å²) < 4.78 is 6.70. The Kier molecular flexibility index (Phi) is 4.54. The maximum absolute atomic E-state index is 5.93. The normalized spacial score (nSPS) is 13.8. The number of ether oxygens (including phenoxy) is 1. The van der Waals surface area contributed by atoms with Crippen molar-refractivity contribution >= 4 is 15.9 Å². The van der Waals surface area contributed by atoms with E-state index < -0.39 is 0 Å². The van der Waals surface area contributed by atoms with Gasteiger partial charge >= 0.3 is 0 Å². The van der Waals surface area contributed by atoms with Crippen molar-refractivity contribution in [1.82, 2.24) is 9.97 Å². The van der Waals surface area contributed by atoms with E-state index in [-0.39, 0.29) is 0 Å². The Bertz CT molecular complexity index is 643. The van der Waals surface area contributed by atoms with Gasteiger partial charge in [0.25, 0.3) is 0 Å². The summed E-state index contributed by atoms with van der Waals surface area (Å²) in [6.07, 6.45) is 6.80. The van der Waals surface area contributed by atoms with Gasteiger partial charge in [-0.25, -0.2) is 4.98 Å². The first-order valence-corrected chi connectivity index (χ1v) is 8.37. The maximum Gasteiger partial charge on any atom is 0.223 e. The lowest BCUT2D eigenvalue weighted by Gasteiger charge is -2.16. The minimum absolute atomic E-state index is 0.607. The molecule has 0 spiro atoms. The second-order valence-electron chi connectivity index (χ2n) is 5.43. The standard InChI is InChI=1S/C17H19BrN2O/c1-2-5-16-19-15(18)11-17(20-16)21-14-9-8-12-6-3-4-7-13(12)10-14/h8-11H,2-7H2,1H3. The molecule has 0 atom stereocenters. The molecular weight excluding hydrogens is 328 g/mol. The van der Waals surface area contributed by atoms with Gasteiger partial charge in [0.05, 0.1) is 0 Å². The predicted octanol–water partition coefficient (Wildman–Crippen LogP) is 4.86. The van der Waals surface area contributed by atoms with Crippen LogP contribution in [0.15, 0.2) is 28.9 Å². The third-order valence-corrected chi connectivity index (χ3v) is 4.14. The topological polar surface area (TPSA) is 35.0 Å². The number of aromatic nitrogens is 2. The molecule has 2 aromatic rings. The van der Waals surface area contributed by atoms with E-state index >= 15 is 0 Å². The van der Waals surface area contributed by atoms with Crippen molar-refractivity contribution in [2.45, 2.75) is 45.4 Å². The number of rotatable bonds is 4. The van der Waals surface area contributed by atoms with Gasteiger partial charge in [0.15, 0.2) is 0 Å². The fourth-order valence-corrected chi connectivity index (χ4v) is 3.12. The highest BCUT2D eigenvalue weighted by Crippen LogP contribution is 2.28. The van der Waals surface area contributed by atoms with Crippen LogP contribution >= 0.6 is 15.9 Å². The molecule has 1 aliphatic rings. The van der Waals surface area contributed by atoms with Crippen molar-refractivity contribution in [3.05, 3.63) is 45.8 Å². The van der Waals surface area contributed by atoms with Gasteiger partial charge in [-0.15, -0.1) is 0 Å². The number of nitrogens with zero attached hydrogens (tertiary/aromatic N) is 2. The summed E-state index contributed by atoms with van der Waals surface area (Å²) in [7, 11) is 0. The monoisotopic (exact) mass is 346 g/mol. The summed E-state index contributed by atoms with van der Waals surface area (Å²) in [5, 5.41) is 0. The van der Waals surface area contributed by atoms with Crippen LogP contribution in [0.2, 0.25) is 0 Å². The molecule has 1 heterocycles. The van der Waals surface area contributed by atoms with Crippen molar-refractivity contribution in [3.8, 4) is 11.6 Å². The third-order valence-electron chi connectivity index (χ3n) is 3.73. The molecule has 4 heteroatoms. The zero-order valence-corrected chi connectivity index (χ0v) is 13.8. The molecule has 3 nitrogen and oxygen atoms in total. The fraction of sp³-hybridized carbons (Fsp3) is 0.412. The largest absolute Gasteiger partial charge is 0.439 e. The Morgan fingerprint density at radius 2 is 1.90 bits per heavy atom. The summed E-state index contributed by atoms with van der Waals surface area (Å²) >= 11 is 3.43. The lowest BCUT2D eigenvalue weighted by Crippen LogP contribution is -2.03. The van der Waals surface area contributed by atoms with Gasteiger partial charge < -0.3 is 4.74 Å². The van der Waals surface area contributed by atoms with Crippen molar-refractivity contribution < 1.29 is 4.74 Å². The van der Waals surface area contributed by atoms with E-state index in [9.17, 15) is 0 Å². The van der Waals surface area contributed by atoms with Crippen molar-refractivity contribution in [3.63, 3.8) is 0 Å². The number of halogens is 1. The number of fused-ring (bicyclic) bond motifs is 1. The van der Waals surface area contributed by atoms with Crippen LogP contribution < -0.4 is 4.74 Å². The van der Waals surface area contributed by atoms with Gasteiger partial charge in [0.2, 0.25) is 5.88 Å². The first-order valence-electron chi connectivity index (χ1n) is 7.57. The van der Waals surface area contributed by atoms with Gasteiger partial charge in [-0.05, 0) is 71.3 Å². The van der Waals surface area contributed by atoms with E-state index in [0.717, 1.165) is 35.4 Å². The number of benzene rings is 1. The molecule has 3 rings (SSSR count). The Morgan fingerprint density at radius 1 is 1.10 bits per heavy atom. The molecular formula is C17H19BrN2O. The van der Waals surface area contributed by atoms with Crippen LogP contribution in [0.25, 0.3) is 0 Å². The van der Waals surface area contributed by atoms with Crippen LogP contribution in [-0.2, 0) is 19.3 Å². The number of hydrogen-bond acceptors (Lipinski definition) is 3. The highest BCUT2D eigenvalue weighted by molar-refractivity contribution is 9.10. The quantitative estimate of drug-likeness (QED) is 0.741. The summed E-state index contributed by atoms with van der Waals surface area (Å²) in [5.74, 6) is 2.29. The Morgan fingerprint density at radius 3 is 2.71 bits per heavy atom. The van der Waals surface area contributed by atoms with E-state index in [4.69, 9.17) is 4.74 Å². The van der Waals surface area contributed by atoms with E-state index in [1.54, 1.807) is 0 Å². The molecule has 1 aliphatic carbocycles. The van der Waals surface area contributed by atoms with Crippen LogP contribution in [-0.4, -0.2) is 9.97 Å². The Balaban J connectivity index is 1.83. The average Bonchev–Trinajstić information content (AvgIpc) is 2.47. The first kappa shape index (κ1) is 14.5. The second-order valence-corrected chi connectivity index (χ2v) is 6.25. The van der Waals surface area contributed by atoms with Gasteiger partial charge in [0.1, 0.15) is 16.2 Å². The molecule has 0 N–H and O–H groups in total. The summed E-state index contributed by atoms with van der Waals surface area (Å²) in [5.41, 5.74) is 2.88. The zero-order valence-electron chi connectivity index (χ0n) is 12.2. The fourth-order valence-electron chi connectivity index (χ4n) is 2.72. The molecule has 0 saturated carbocycles. The SMILES string of the molecule is CCCc1nc(Br)cc(Oc2ccc3c(c2)CCCC3)n1. The van der Waals surface area contributed by atoms with Gasteiger partial charge in [-0.3, -0.25) is 0 Å². The van der Waals surface area contributed by atoms with E-state index in [0.29, 0.717) is 5.88 Å².